The number of carbonyl (C=O) groups excluding carboxylic acids is 1. The predicted octanol–water partition coefficient (Wildman–Crippen LogP) is 3.79. The molecule has 2 heteroatoms. The van der Waals surface area contributed by atoms with Crippen molar-refractivity contribution in [3.63, 3.8) is 0 Å². The highest BCUT2D eigenvalue weighted by Gasteiger charge is 2.38. The molecule has 0 heterocycles. The highest BCUT2D eigenvalue weighted by atomic mass is 16.6. The molecule has 0 unspecified atom stereocenters. The van der Waals surface area contributed by atoms with Gasteiger partial charge < -0.3 is 4.74 Å². The Bertz CT molecular complexity index is 249. The van der Waals surface area contributed by atoms with Crippen molar-refractivity contribution in [3.8, 4) is 0 Å². The first-order chi connectivity index (χ1) is 7.08. The van der Waals surface area contributed by atoms with Gasteiger partial charge in [-0.2, -0.15) is 0 Å². The summed E-state index contributed by atoms with van der Waals surface area (Å²) in [6, 6.07) is 0. The number of hydrogen-bond acceptors (Lipinski definition) is 2. The Morgan fingerprint density at radius 1 is 1.12 bits per heavy atom. The van der Waals surface area contributed by atoms with Crippen LogP contribution in [0, 0.1) is 17.3 Å². The maximum atomic E-state index is 11.6. The Morgan fingerprint density at radius 2 is 1.62 bits per heavy atom. The monoisotopic (exact) mass is 226 g/mol. The molecule has 0 saturated heterocycles. The van der Waals surface area contributed by atoms with E-state index in [2.05, 4.69) is 20.8 Å². The predicted molar refractivity (Wildman–Crippen MR) is 66.1 cm³/mol. The quantitative estimate of drug-likeness (QED) is 0.670. The van der Waals surface area contributed by atoms with E-state index in [4.69, 9.17) is 4.74 Å². The zero-order valence-corrected chi connectivity index (χ0v) is 11.6. The fourth-order valence-corrected chi connectivity index (χ4v) is 2.23. The largest absolute Gasteiger partial charge is 0.460 e. The summed E-state index contributed by atoms with van der Waals surface area (Å²) in [6.07, 6.45) is 2.97. The molecule has 2 nitrogen and oxygen atoms in total. The maximum absolute atomic E-state index is 11.6. The van der Waals surface area contributed by atoms with Crippen LogP contribution in [-0.2, 0) is 9.53 Å². The van der Waals surface area contributed by atoms with Crippen LogP contribution < -0.4 is 0 Å². The topological polar surface area (TPSA) is 26.3 Å². The zero-order valence-electron chi connectivity index (χ0n) is 11.6. The van der Waals surface area contributed by atoms with E-state index in [0.29, 0.717) is 17.8 Å². The molecular weight excluding hydrogens is 200 g/mol. The van der Waals surface area contributed by atoms with Crippen molar-refractivity contribution in [1.29, 1.82) is 0 Å². The van der Waals surface area contributed by atoms with E-state index in [-0.39, 0.29) is 11.6 Å². The molecule has 1 aliphatic carbocycles. The van der Waals surface area contributed by atoms with Crippen molar-refractivity contribution in [2.75, 3.05) is 0 Å². The lowest BCUT2D eigenvalue weighted by molar-refractivity contribution is -0.157. The van der Waals surface area contributed by atoms with Crippen molar-refractivity contribution in [2.45, 2.75) is 66.4 Å². The van der Waals surface area contributed by atoms with E-state index in [9.17, 15) is 4.79 Å². The second-order valence-electron chi connectivity index (χ2n) is 7.19. The average molecular weight is 226 g/mol. The summed E-state index contributed by atoms with van der Waals surface area (Å²) in [5, 5.41) is 0. The Kier molecular flexibility index (Phi) is 3.71. The first-order valence-electron chi connectivity index (χ1n) is 6.30. The van der Waals surface area contributed by atoms with Crippen LogP contribution in [0.25, 0.3) is 0 Å². The fourth-order valence-electron chi connectivity index (χ4n) is 2.23. The molecule has 0 radical (unpaired) electrons. The molecule has 16 heavy (non-hydrogen) atoms. The fraction of sp³-hybridized carbons (Fsp3) is 0.929. The summed E-state index contributed by atoms with van der Waals surface area (Å²) in [7, 11) is 0. The van der Waals surface area contributed by atoms with Gasteiger partial charge in [-0.1, -0.05) is 20.8 Å². The van der Waals surface area contributed by atoms with Crippen LogP contribution in [0.1, 0.15) is 60.8 Å². The number of esters is 1. The third-order valence-corrected chi connectivity index (χ3v) is 3.34. The van der Waals surface area contributed by atoms with Gasteiger partial charge in [-0.25, -0.2) is 0 Å². The molecule has 0 aliphatic heterocycles. The summed E-state index contributed by atoms with van der Waals surface area (Å²) in [6.45, 7) is 12.6. The molecule has 0 spiro atoms. The van der Waals surface area contributed by atoms with Crippen LogP contribution in [0.3, 0.4) is 0 Å². The van der Waals surface area contributed by atoms with E-state index < -0.39 is 0 Å². The van der Waals surface area contributed by atoms with Crippen LogP contribution in [0.15, 0.2) is 0 Å². The third-order valence-electron chi connectivity index (χ3n) is 3.34. The number of ether oxygens (including phenoxy) is 1. The molecule has 0 aromatic carbocycles. The molecule has 0 amide bonds. The van der Waals surface area contributed by atoms with Gasteiger partial charge in [0.25, 0.3) is 0 Å². The van der Waals surface area contributed by atoms with E-state index in [0.717, 1.165) is 5.92 Å². The Hall–Kier alpha value is -0.530. The summed E-state index contributed by atoms with van der Waals surface area (Å²) in [4.78, 5) is 11.6. The Morgan fingerprint density at radius 3 is 2.00 bits per heavy atom. The first kappa shape index (κ1) is 13.5. The SMILES string of the molecule is CC(C)(C)OC(=O)CC1CC(C(C)(C)C)C1. The van der Waals surface area contributed by atoms with Crippen LogP contribution in [-0.4, -0.2) is 11.6 Å². The standard InChI is InChI=1S/C14H26O2/c1-13(2,3)11-7-10(8-11)9-12(15)16-14(4,5)6/h10-11H,7-9H2,1-6H3. The van der Waals surface area contributed by atoms with Crippen molar-refractivity contribution in [3.05, 3.63) is 0 Å². The molecule has 0 N–H and O–H groups in total. The van der Waals surface area contributed by atoms with Crippen LogP contribution >= 0.6 is 0 Å². The minimum absolute atomic E-state index is 0.0372. The van der Waals surface area contributed by atoms with Crippen molar-refractivity contribution < 1.29 is 9.53 Å². The van der Waals surface area contributed by atoms with Gasteiger partial charge in [0, 0.05) is 6.42 Å². The number of carbonyl (C=O) groups is 1. The molecule has 0 atom stereocenters. The second kappa shape index (κ2) is 4.38. The molecule has 1 fully saturated rings. The highest BCUT2D eigenvalue weighted by molar-refractivity contribution is 5.70. The Balaban J connectivity index is 2.25. The molecule has 0 aromatic heterocycles. The smallest absolute Gasteiger partial charge is 0.306 e. The third kappa shape index (κ3) is 4.15. The molecule has 0 bridgehead atoms. The minimum atomic E-state index is -0.343. The number of hydrogen-bond donors (Lipinski definition) is 0. The summed E-state index contributed by atoms with van der Waals surface area (Å²) >= 11 is 0. The van der Waals surface area contributed by atoms with Gasteiger partial charge in [0.05, 0.1) is 0 Å². The Labute approximate surface area is 99.8 Å². The average Bonchev–Trinajstić information content (AvgIpc) is 1.89. The summed E-state index contributed by atoms with van der Waals surface area (Å²) < 4.78 is 5.33. The van der Waals surface area contributed by atoms with Crippen molar-refractivity contribution in [2.24, 2.45) is 17.3 Å². The van der Waals surface area contributed by atoms with Gasteiger partial charge in [0.2, 0.25) is 0 Å². The normalized spacial score (nSPS) is 26.1. The van der Waals surface area contributed by atoms with Gasteiger partial charge in [0.1, 0.15) is 5.60 Å². The zero-order chi connectivity index (χ0) is 12.6. The molecule has 0 aromatic rings. The van der Waals surface area contributed by atoms with E-state index in [1.807, 2.05) is 20.8 Å². The lowest BCUT2D eigenvalue weighted by atomic mass is 9.62. The van der Waals surface area contributed by atoms with Gasteiger partial charge >= 0.3 is 5.97 Å². The number of rotatable bonds is 2. The maximum Gasteiger partial charge on any atom is 0.306 e. The minimum Gasteiger partial charge on any atom is -0.460 e. The molecular formula is C14H26O2. The van der Waals surface area contributed by atoms with E-state index >= 15 is 0 Å². The van der Waals surface area contributed by atoms with Crippen LogP contribution in [0.2, 0.25) is 0 Å². The van der Waals surface area contributed by atoms with E-state index in [1.54, 1.807) is 0 Å². The lowest BCUT2D eigenvalue weighted by Crippen LogP contribution is -2.36. The first-order valence-corrected chi connectivity index (χ1v) is 6.30. The highest BCUT2D eigenvalue weighted by Crippen LogP contribution is 2.46. The molecule has 1 saturated carbocycles. The van der Waals surface area contributed by atoms with Crippen molar-refractivity contribution in [1.82, 2.24) is 0 Å². The van der Waals surface area contributed by atoms with Gasteiger partial charge in [-0.3, -0.25) is 4.79 Å². The van der Waals surface area contributed by atoms with Crippen LogP contribution in [0.4, 0.5) is 0 Å². The molecule has 94 valence electrons. The molecule has 1 aliphatic rings. The van der Waals surface area contributed by atoms with Gasteiger partial charge in [-0.15, -0.1) is 0 Å². The van der Waals surface area contributed by atoms with Crippen LogP contribution in [0.5, 0.6) is 0 Å². The summed E-state index contributed by atoms with van der Waals surface area (Å²) in [5.74, 6) is 1.30. The lowest BCUT2D eigenvalue weighted by Gasteiger charge is -2.43. The van der Waals surface area contributed by atoms with Crippen molar-refractivity contribution >= 4 is 5.97 Å². The summed E-state index contributed by atoms with van der Waals surface area (Å²) in [5.41, 5.74) is 0.0503. The molecule has 1 rings (SSSR count). The van der Waals surface area contributed by atoms with E-state index in [1.165, 1.54) is 12.8 Å². The van der Waals surface area contributed by atoms with Gasteiger partial charge in [-0.05, 0) is 50.9 Å². The van der Waals surface area contributed by atoms with Gasteiger partial charge in [0.15, 0.2) is 0 Å². The second-order valence-corrected chi connectivity index (χ2v) is 7.19.